The Labute approximate surface area is 151 Å². The maximum absolute atomic E-state index is 12.9. The van der Waals surface area contributed by atoms with Gasteiger partial charge in [-0.15, -0.1) is 0 Å². The van der Waals surface area contributed by atoms with Crippen LogP contribution >= 0.6 is 11.7 Å². The predicted octanol–water partition coefficient (Wildman–Crippen LogP) is 2.39. The summed E-state index contributed by atoms with van der Waals surface area (Å²) in [6.45, 7) is 7.22. The summed E-state index contributed by atoms with van der Waals surface area (Å²) in [5, 5.41) is 4.49. The summed E-state index contributed by atoms with van der Waals surface area (Å²) in [7, 11) is -2.02. The van der Waals surface area contributed by atoms with E-state index in [1.165, 1.54) is 4.31 Å². The Kier molecular flexibility index (Phi) is 4.90. The van der Waals surface area contributed by atoms with Crippen LogP contribution in [0.2, 0.25) is 0 Å². The van der Waals surface area contributed by atoms with E-state index in [1.807, 2.05) is 25.5 Å². The van der Waals surface area contributed by atoms with Crippen LogP contribution in [-0.4, -0.2) is 44.8 Å². The average Bonchev–Trinajstić information content (AvgIpc) is 3.17. The van der Waals surface area contributed by atoms with E-state index in [1.54, 1.807) is 25.2 Å². The van der Waals surface area contributed by atoms with Crippen molar-refractivity contribution in [2.24, 2.45) is 0 Å². The van der Waals surface area contributed by atoms with Crippen LogP contribution in [0.4, 0.5) is 0 Å². The highest BCUT2D eigenvalue weighted by molar-refractivity contribution is 7.89. The second-order valence-electron chi connectivity index (χ2n) is 5.93. The third-order valence-corrected chi connectivity index (χ3v) is 6.88. The number of aryl methyl sites for hydroxylation is 2. The molecule has 1 aromatic carbocycles. The van der Waals surface area contributed by atoms with E-state index in [0.717, 1.165) is 35.2 Å². The third-order valence-electron chi connectivity index (χ3n) is 4.44. The molecule has 0 amide bonds. The maximum atomic E-state index is 12.9. The lowest BCUT2D eigenvalue weighted by molar-refractivity contribution is 0.472. The Morgan fingerprint density at radius 2 is 2.00 bits per heavy atom. The summed E-state index contributed by atoms with van der Waals surface area (Å²) < 4.78 is 37.5. The molecule has 0 radical (unpaired) electrons. The number of likely N-dealkylation sites (N-methyl/N-ethyl adjacent to an activating group) is 1. The quantitative estimate of drug-likeness (QED) is 0.657. The van der Waals surface area contributed by atoms with Crippen molar-refractivity contribution in [3.8, 4) is 0 Å². The van der Waals surface area contributed by atoms with Crippen LogP contribution in [0.3, 0.4) is 0 Å². The second kappa shape index (κ2) is 6.81. The van der Waals surface area contributed by atoms with Crippen molar-refractivity contribution < 1.29 is 8.42 Å². The zero-order valence-corrected chi connectivity index (χ0v) is 16.4. The molecule has 2 heterocycles. The van der Waals surface area contributed by atoms with Gasteiger partial charge in [-0.1, -0.05) is 6.07 Å². The van der Waals surface area contributed by atoms with Gasteiger partial charge in [0.05, 0.1) is 17.4 Å². The van der Waals surface area contributed by atoms with Gasteiger partial charge in [0, 0.05) is 25.8 Å². The lowest BCUT2D eigenvalue weighted by Gasteiger charge is -2.17. The Balaban J connectivity index is 1.84. The Hall–Kier alpha value is -1.84. The van der Waals surface area contributed by atoms with Crippen molar-refractivity contribution in [2.75, 3.05) is 13.6 Å². The molecule has 0 aliphatic rings. The molecule has 0 fully saturated rings. The molecule has 0 bridgehead atoms. The minimum absolute atomic E-state index is 0.207. The fourth-order valence-electron chi connectivity index (χ4n) is 2.95. The molecule has 0 aliphatic carbocycles. The normalized spacial score (nSPS) is 12.4. The summed E-state index contributed by atoms with van der Waals surface area (Å²) in [5.41, 5.74) is 4.20. The molecule has 0 atom stereocenters. The van der Waals surface area contributed by atoms with Gasteiger partial charge in [0.15, 0.2) is 0 Å². The first-order valence-corrected chi connectivity index (χ1v) is 10.2. The average molecular weight is 380 g/mol. The number of benzene rings is 1. The molecule has 9 heteroatoms. The Morgan fingerprint density at radius 3 is 2.68 bits per heavy atom. The van der Waals surface area contributed by atoms with Crippen LogP contribution in [0.5, 0.6) is 0 Å². The zero-order chi connectivity index (χ0) is 18.2. The van der Waals surface area contributed by atoms with Gasteiger partial charge < -0.3 is 0 Å². The number of fused-ring (bicyclic) bond motifs is 1. The maximum Gasteiger partial charge on any atom is 0.245 e. The molecule has 3 aromatic rings. The van der Waals surface area contributed by atoms with Crippen LogP contribution in [0.25, 0.3) is 11.0 Å². The molecule has 0 unspecified atom stereocenters. The van der Waals surface area contributed by atoms with E-state index in [-0.39, 0.29) is 4.90 Å². The first-order chi connectivity index (χ1) is 11.9. The van der Waals surface area contributed by atoms with Gasteiger partial charge in [0.2, 0.25) is 10.0 Å². The zero-order valence-electron chi connectivity index (χ0n) is 14.7. The molecule has 0 N–H and O–H groups in total. The van der Waals surface area contributed by atoms with Crippen LogP contribution < -0.4 is 0 Å². The van der Waals surface area contributed by atoms with Gasteiger partial charge in [0.1, 0.15) is 15.9 Å². The first-order valence-electron chi connectivity index (χ1n) is 8.06. The molecule has 134 valence electrons. The number of hydrogen-bond acceptors (Lipinski definition) is 6. The van der Waals surface area contributed by atoms with Crippen LogP contribution in [0.1, 0.15) is 23.9 Å². The first kappa shape index (κ1) is 18.0. The summed E-state index contributed by atoms with van der Waals surface area (Å²) in [4.78, 5) is 0.207. The summed E-state index contributed by atoms with van der Waals surface area (Å²) >= 11 is 1.02. The van der Waals surface area contributed by atoms with Gasteiger partial charge in [-0.2, -0.15) is 13.8 Å². The lowest BCUT2D eigenvalue weighted by Crippen LogP contribution is -2.29. The van der Waals surface area contributed by atoms with Crippen molar-refractivity contribution in [2.45, 2.75) is 38.6 Å². The van der Waals surface area contributed by atoms with Crippen molar-refractivity contribution in [1.82, 2.24) is 22.8 Å². The van der Waals surface area contributed by atoms with Gasteiger partial charge in [0.25, 0.3) is 0 Å². The van der Waals surface area contributed by atoms with E-state index in [4.69, 9.17) is 0 Å². The smallest absolute Gasteiger partial charge is 0.245 e. The molecule has 0 saturated heterocycles. The number of sulfonamides is 1. The van der Waals surface area contributed by atoms with Crippen molar-refractivity contribution in [3.05, 3.63) is 35.2 Å². The van der Waals surface area contributed by atoms with Crippen molar-refractivity contribution in [1.29, 1.82) is 0 Å². The highest BCUT2D eigenvalue weighted by atomic mass is 32.2. The van der Waals surface area contributed by atoms with Gasteiger partial charge in [-0.05, 0) is 44.9 Å². The summed E-state index contributed by atoms with van der Waals surface area (Å²) in [5.74, 6) is 0. The topological polar surface area (TPSA) is 81.0 Å². The SMILES string of the molecule is CCn1nc(C)c(CCN(C)S(=O)(=O)c2cccc3nsnc23)c1C. The van der Waals surface area contributed by atoms with Crippen LogP contribution in [0, 0.1) is 13.8 Å². The van der Waals surface area contributed by atoms with Gasteiger partial charge in [-0.25, -0.2) is 12.7 Å². The van der Waals surface area contributed by atoms with Crippen molar-refractivity contribution in [3.63, 3.8) is 0 Å². The standard InChI is InChI=1S/C16H21N5O2S2/c1-5-21-12(3)13(11(2)17-21)9-10-20(4)25(22,23)15-8-6-7-14-16(15)19-24-18-14/h6-8H,5,9-10H2,1-4H3. The number of aromatic nitrogens is 4. The number of nitrogens with zero attached hydrogens (tertiary/aromatic N) is 5. The third kappa shape index (κ3) is 3.19. The molecule has 0 aliphatic heterocycles. The van der Waals surface area contributed by atoms with E-state index >= 15 is 0 Å². The molecular weight excluding hydrogens is 358 g/mol. The van der Waals surface area contributed by atoms with Crippen molar-refractivity contribution >= 4 is 32.8 Å². The van der Waals surface area contributed by atoms with Crippen LogP contribution in [0.15, 0.2) is 23.1 Å². The molecular formula is C16H21N5O2S2. The molecule has 7 nitrogen and oxygen atoms in total. The number of hydrogen-bond donors (Lipinski definition) is 0. The highest BCUT2D eigenvalue weighted by Gasteiger charge is 2.25. The number of rotatable bonds is 6. The molecule has 0 spiro atoms. The monoisotopic (exact) mass is 379 g/mol. The predicted molar refractivity (Wildman–Crippen MR) is 98.3 cm³/mol. The second-order valence-corrected chi connectivity index (χ2v) is 8.47. The van der Waals surface area contributed by atoms with Gasteiger partial charge >= 0.3 is 0 Å². The Morgan fingerprint density at radius 1 is 1.24 bits per heavy atom. The minimum atomic E-state index is -3.62. The molecule has 25 heavy (non-hydrogen) atoms. The minimum Gasteiger partial charge on any atom is -0.270 e. The fraction of sp³-hybridized carbons (Fsp3) is 0.438. The van der Waals surface area contributed by atoms with Gasteiger partial charge in [-0.3, -0.25) is 4.68 Å². The largest absolute Gasteiger partial charge is 0.270 e. The van der Waals surface area contributed by atoms with E-state index in [9.17, 15) is 8.42 Å². The van der Waals surface area contributed by atoms with E-state index < -0.39 is 10.0 Å². The molecule has 3 rings (SSSR count). The summed E-state index contributed by atoms with van der Waals surface area (Å²) in [6, 6.07) is 5.05. The summed E-state index contributed by atoms with van der Waals surface area (Å²) in [6.07, 6.45) is 0.624. The fourth-order valence-corrected chi connectivity index (χ4v) is 4.87. The van der Waals surface area contributed by atoms with E-state index in [0.29, 0.717) is 24.0 Å². The Bertz CT molecular complexity index is 1010. The molecule has 2 aromatic heterocycles. The van der Waals surface area contributed by atoms with E-state index in [2.05, 4.69) is 13.8 Å². The highest BCUT2D eigenvalue weighted by Crippen LogP contribution is 2.24. The lowest BCUT2D eigenvalue weighted by atomic mass is 10.1. The van der Waals surface area contributed by atoms with Crippen LogP contribution in [-0.2, 0) is 23.0 Å². The molecule has 0 saturated carbocycles.